The SMILES string of the molecule is Cc1ccc(C(=O)NC2CCC2)c(N)c1. The van der Waals surface area contributed by atoms with Crippen molar-refractivity contribution in [2.75, 3.05) is 5.73 Å². The average molecular weight is 204 g/mol. The lowest BCUT2D eigenvalue weighted by Crippen LogP contribution is -2.39. The van der Waals surface area contributed by atoms with E-state index < -0.39 is 0 Å². The van der Waals surface area contributed by atoms with Gasteiger partial charge in [-0.2, -0.15) is 0 Å². The smallest absolute Gasteiger partial charge is 0.253 e. The van der Waals surface area contributed by atoms with Crippen LogP contribution in [0.4, 0.5) is 5.69 Å². The molecule has 0 saturated heterocycles. The number of rotatable bonds is 2. The molecule has 1 aliphatic rings. The molecule has 0 radical (unpaired) electrons. The first-order valence-electron chi connectivity index (χ1n) is 5.34. The molecule has 0 spiro atoms. The molecule has 0 bridgehead atoms. The van der Waals surface area contributed by atoms with Crippen molar-refractivity contribution in [3.63, 3.8) is 0 Å². The lowest BCUT2D eigenvalue weighted by molar-refractivity contribution is 0.0918. The quantitative estimate of drug-likeness (QED) is 0.722. The number of hydrogen-bond donors (Lipinski definition) is 2. The number of nitrogens with two attached hydrogens (primary N) is 1. The maximum Gasteiger partial charge on any atom is 0.253 e. The summed E-state index contributed by atoms with van der Waals surface area (Å²) in [7, 11) is 0. The second-order valence-electron chi connectivity index (χ2n) is 4.19. The van der Waals surface area contributed by atoms with Crippen LogP contribution in [-0.4, -0.2) is 11.9 Å². The molecule has 1 aromatic carbocycles. The molecule has 2 rings (SSSR count). The van der Waals surface area contributed by atoms with E-state index in [9.17, 15) is 4.79 Å². The Morgan fingerprint density at radius 1 is 1.47 bits per heavy atom. The van der Waals surface area contributed by atoms with Crippen molar-refractivity contribution in [1.82, 2.24) is 5.32 Å². The number of amides is 1. The van der Waals surface area contributed by atoms with E-state index in [0.29, 0.717) is 17.3 Å². The minimum absolute atomic E-state index is 0.0443. The standard InChI is InChI=1S/C12H16N2O/c1-8-5-6-10(11(13)7-8)12(15)14-9-3-2-4-9/h5-7,9H,2-4,13H2,1H3,(H,14,15). The Morgan fingerprint density at radius 3 is 2.73 bits per heavy atom. The van der Waals surface area contributed by atoms with Gasteiger partial charge < -0.3 is 11.1 Å². The fourth-order valence-electron chi connectivity index (χ4n) is 1.70. The van der Waals surface area contributed by atoms with Gasteiger partial charge in [0.2, 0.25) is 0 Å². The molecule has 3 heteroatoms. The molecule has 3 nitrogen and oxygen atoms in total. The number of nitrogens with one attached hydrogen (secondary N) is 1. The first kappa shape index (κ1) is 10.0. The largest absolute Gasteiger partial charge is 0.398 e. The summed E-state index contributed by atoms with van der Waals surface area (Å²) in [4.78, 5) is 11.8. The molecular weight excluding hydrogens is 188 g/mol. The zero-order chi connectivity index (χ0) is 10.8. The molecule has 3 N–H and O–H groups in total. The summed E-state index contributed by atoms with van der Waals surface area (Å²) in [5.74, 6) is -0.0443. The molecule has 1 aliphatic carbocycles. The van der Waals surface area contributed by atoms with E-state index in [4.69, 9.17) is 5.73 Å². The van der Waals surface area contributed by atoms with Crippen LogP contribution in [0.15, 0.2) is 18.2 Å². The summed E-state index contributed by atoms with van der Waals surface area (Å²) in [6.45, 7) is 1.96. The monoisotopic (exact) mass is 204 g/mol. The van der Waals surface area contributed by atoms with E-state index >= 15 is 0 Å². The first-order chi connectivity index (χ1) is 7.16. The molecule has 1 aromatic rings. The van der Waals surface area contributed by atoms with Crippen LogP contribution < -0.4 is 11.1 Å². The lowest BCUT2D eigenvalue weighted by Gasteiger charge is -2.26. The number of anilines is 1. The van der Waals surface area contributed by atoms with E-state index in [-0.39, 0.29) is 5.91 Å². The van der Waals surface area contributed by atoms with Crippen molar-refractivity contribution in [3.8, 4) is 0 Å². The van der Waals surface area contributed by atoms with Gasteiger partial charge in [0.15, 0.2) is 0 Å². The number of nitrogen functional groups attached to an aromatic ring is 1. The van der Waals surface area contributed by atoms with Gasteiger partial charge in [-0.15, -0.1) is 0 Å². The minimum atomic E-state index is -0.0443. The Bertz CT molecular complexity index is 383. The molecular formula is C12H16N2O. The predicted molar refractivity (Wildman–Crippen MR) is 60.7 cm³/mol. The Kier molecular flexibility index (Phi) is 2.62. The van der Waals surface area contributed by atoms with Gasteiger partial charge in [0, 0.05) is 11.7 Å². The molecule has 0 atom stereocenters. The molecule has 0 heterocycles. The zero-order valence-corrected chi connectivity index (χ0v) is 8.92. The van der Waals surface area contributed by atoms with Gasteiger partial charge in [-0.25, -0.2) is 0 Å². The van der Waals surface area contributed by atoms with Crippen molar-refractivity contribution in [1.29, 1.82) is 0 Å². The fourth-order valence-corrected chi connectivity index (χ4v) is 1.70. The summed E-state index contributed by atoms with van der Waals surface area (Å²) < 4.78 is 0. The van der Waals surface area contributed by atoms with Crippen LogP contribution in [0.25, 0.3) is 0 Å². The van der Waals surface area contributed by atoms with E-state index in [0.717, 1.165) is 18.4 Å². The van der Waals surface area contributed by atoms with Crippen molar-refractivity contribution in [2.45, 2.75) is 32.2 Å². The van der Waals surface area contributed by atoms with Gasteiger partial charge >= 0.3 is 0 Å². The minimum Gasteiger partial charge on any atom is -0.398 e. The molecule has 80 valence electrons. The third kappa shape index (κ3) is 2.12. The van der Waals surface area contributed by atoms with Crippen LogP contribution >= 0.6 is 0 Å². The number of hydrogen-bond acceptors (Lipinski definition) is 2. The molecule has 0 unspecified atom stereocenters. The summed E-state index contributed by atoms with van der Waals surface area (Å²) >= 11 is 0. The van der Waals surface area contributed by atoms with Crippen molar-refractivity contribution < 1.29 is 4.79 Å². The topological polar surface area (TPSA) is 55.1 Å². The third-order valence-electron chi connectivity index (χ3n) is 2.89. The average Bonchev–Trinajstić information content (AvgIpc) is 2.11. The molecule has 15 heavy (non-hydrogen) atoms. The van der Waals surface area contributed by atoms with Gasteiger partial charge in [-0.3, -0.25) is 4.79 Å². The zero-order valence-electron chi connectivity index (χ0n) is 8.92. The lowest BCUT2D eigenvalue weighted by atomic mass is 9.93. The highest BCUT2D eigenvalue weighted by Gasteiger charge is 2.20. The normalized spacial score (nSPS) is 15.8. The second kappa shape index (κ2) is 3.93. The van der Waals surface area contributed by atoms with Crippen LogP contribution in [0.1, 0.15) is 35.2 Å². The van der Waals surface area contributed by atoms with Gasteiger partial charge in [0.05, 0.1) is 5.56 Å². The number of benzene rings is 1. The van der Waals surface area contributed by atoms with Gasteiger partial charge in [0.1, 0.15) is 0 Å². The predicted octanol–water partition coefficient (Wildman–Crippen LogP) is 1.86. The van der Waals surface area contributed by atoms with E-state index in [1.807, 2.05) is 19.1 Å². The number of aryl methyl sites for hydroxylation is 1. The van der Waals surface area contributed by atoms with Crippen LogP contribution in [0.3, 0.4) is 0 Å². The highest BCUT2D eigenvalue weighted by Crippen LogP contribution is 2.20. The van der Waals surface area contributed by atoms with Crippen LogP contribution in [0.2, 0.25) is 0 Å². The van der Waals surface area contributed by atoms with Crippen LogP contribution in [0, 0.1) is 6.92 Å². The highest BCUT2D eigenvalue weighted by atomic mass is 16.1. The van der Waals surface area contributed by atoms with Gasteiger partial charge in [0.25, 0.3) is 5.91 Å². The van der Waals surface area contributed by atoms with E-state index in [1.54, 1.807) is 6.07 Å². The Balaban J connectivity index is 2.10. The first-order valence-corrected chi connectivity index (χ1v) is 5.34. The summed E-state index contributed by atoms with van der Waals surface area (Å²) in [5, 5.41) is 2.97. The van der Waals surface area contributed by atoms with Crippen molar-refractivity contribution in [2.24, 2.45) is 0 Å². The molecule has 1 fully saturated rings. The van der Waals surface area contributed by atoms with Crippen molar-refractivity contribution >= 4 is 11.6 Å². The second-order valence-corrected chi connectivity index (χ2v) is 4.19. The van der Waals surface area contributed by atoms with Gasteiger partial charge in [-0.1, -0.05) is 6.07 Å². The van der Waals surface area contributed by atoms with Crippen molar-refractivity contribution in [3.05, 3.63) is 29.3 Å². The van der Waals surface area contributed by atoms with Crippen LogP contribution in [0.5, 0.6) is 0 Å². The Morgan fingerprint density at radius 2 is 2.20 bits per heavy atom. The summed E-state index contributed by atoms with van der Waals surface area (Å²) in [6, 6.07) is 5.89. The Hall–Kier alpha value is -1.51. The third-order valence-corrected chi connectivity index (χ3v) is 2.89. The van der Waals surface area contributed by atoms with E-state index in [1.165, 1.54) is 6.42 Å². The van der Waals surface area contributed by atoms with Gasteiger partial charge in [-0.05, 0) is 43.9 Å². The fraction of sp³-hybridized carbons (Fsp3) is 0.417. The van der Waals surface area contributed by atoms with E-state index in [2.05, 4.69) is 5.32 Å². The molecule has 1 saturated carbocycles. The number of carbonyl (C=O) groups is 1. The Labute approximate surface area is 89.7 Å². The highest BCUT2D eigenvalue weighted by molar-refractivity contribution is 5.99. The molecule has 1 amide bonds. The molecule has 0 aromatic heterocycles. The summed E-state index contributed by atoms with van der Waals surface area (Å²) in [6.07, 6.45) is 3.41. The number of carbonyl (C=O) groups excluding carboxylic acids is 1. The maximum absolute atomic E-state index is 11.8. The van der Waals surface area contributed by atoms with Crippen LogP contribution in [-0.2, 0) is 0 Å². The maximum atomic E-state index is 11.8. The molecule has 0 aliphatic heterocycles. The summed E-state index contributed by atoms with van der Waals surface area (Å²) in [5.41, 5.74) is 8.03.